The molecule has 1 aliphatic heterocycles. The largest absolute Gasteiger partial charge is 0.479 e. The Morgan fingerprint density at radius 2 is 2.05 bits per heavy atom. The van der Waals surface area contributed by atoms with Gasteiger partial charge in [0.25, 0.3) is 5.91 Å². The third-order valence-electron chi connectivity index (χ3n) is 3.88. The molecule has 0 bridgehead atoms. The molecular formula is C14H15Cl2NO3. The van der Waals surface area contributed by atoms with Crippen molar-refractivity contribution in [3.63, 3.8) is 0 Å². The zero-order chi connectivity index (χ0) is 14.9. The van der Waals surface area contributed by atoms with Crippen LogP contribution >= 0.6 is 23.2 Å². The SMILES string of the molecule is CCC1(C(=O)O)CCCN1C(=O)c1ccc(Cl)c(Cl)c1. The maximum Gasteiger partial charge on any atom is 0.329 e. The van der Waals surface area contributed by atoms with E-state index in [-0.39, 0.29) is 10.9 Å². The van der Waals surface area contributed by atoms with Crippen LogP contribution in [-0.2, 0) is 4.79 Å². The molecular weight excluding hydrogens is 301 g/mol. The number of carboxylic acids is 1. The lowest BCUT2D eigenvalue weighted by atomic mass is 9.92. The molecule has 1 atom stereocenters. The lowest BCUT2D eigenvalue weighted by molar-refractivity contribution is -0.148. The van der Waals surface area contributed by atoms with E-state index >= 15 is 0 Å². The predicted molar refractivity (Wildman–Crippen MR) is 77.4 cm³/mol. The lowest BCUT2D eigenvalue weighted by Gasteiger charge is -2.34. The van der Waals surface area contributed by atoms with Crippen LogP contribution in [0.25, 0.3) is 0 Å². The van der Waals surface area contributed by atoms with Gasteiger partial charge < -0.3 is 10.0 Å². The van der Waals surface area contributed by atoms with Gasteiger partial charge in [0.1, 0.15) is 5.54 Å². The van der Waals surface area contributed by atoms with E-state index in [9.17, 15) is 14.7 Å². The van der Waals surface area contributed by atoms with Crippen molar-refractivity contribution >= 4 is 35.1 Å². The summed E-state index contributed by atoms with van der Waals surface area (Å²) in [6.45, 7) is 2.23. The average molecular weight is 316 g/mol. The number of carbonyl (C=O) groups excluding carboxylic acids is 1. The molecule has 20 heavy (non-hydrogen) atoms. The van der Waals surface area contributed by atoms with E-state index in [4.69, 9.17) is 23.2 Å². The van der Waals surface area contributed by atoms with E-state index < -0.39 is 11.5 Å². The van der Waals surface area contributed by atoms with Crippen LogP contribution in [0.15, 0.2) is 18.2 Å². The number of hydrogen-bond donors (Lipinski definition) is 1. The van der Waals surface area contributed by atoms with E-state index in [0.29, 0.717) is 36.4 Å². The molecule has 1 saturated heterocycles. The fourth-order valence-corrected chi connectivity index (χ4v) is 3.00. The van der Waals surface area contributed by atoms with Gasteiger partial charge in [0.15, 0.2) is 0 Å². The zero-order valence-corrected chi connectivity index (χ0v) is 12.5. The molecule has 2 rings (SSSR count). The molecule has 1 N–H and O–H groups in total. The van der Waals surface area contributed by atoms with Crippen molar-refractivity contribution < 1.29 is 14.7 Å². The first-order valence-corrected chi connectivity index (χ1v) is 7.18. The first-order valence-electron chi connectivity index (χ1n) is 6.43. The van der Waals surface area contributed by atoms with Gasteiger partial charge in [0.2, 0.25) is 0 Å². The van der Waals surface area contributed by atoms with E-state index in [2.05, 4.69) is 0 Å². The highest BCUT2D eigenvalue weighted by Gasteiger charge is 2.48. The zero-order valence-electron chi connectivity index (χ0n) is 11.0. The molecule has 1 unspecified atom stereocenters. The number of nitrogens with zero attached hydrogens (tertiary/aromatic N) is 1. The Hall–Kier alpha value is -1.26. The molecule has 6 heteroatoms. The molecule has 1 aliphatic rings. The quantitative estimate of drug-likeness (QED) is 0.929. The highest BCUT2D eigenvalue weighted by atomic mass is 35.5. The van der Waals surface area contributed by atoms with Crippen molar-refractivity contribution in [2.45, 2.75) is 31.7 Å². The van der Waals surface area contributed by atoms with Gasteiger partial charge in [-0.2, -0.15) is 0 Å². The molecule has 1 aromatic rings. The van der Waals surface area contributed by atoms with Crippen LogP contribution in [0.4, 0.5) is 0 Å². The summed E-state index contributed by atoms with van der Waals surface area (Å²) in [5, 5.41) is 10.1. The van der Waals surface area contributed by atoms with Crippen molar-refractivity contribution in [1.82, 2.24) is 4.90 Å². The van der Waals surface area contributed by atoms with Crippen LogP contribution in [-0.4, -0.2) is 34.0 Å². The molecule has 0 aliphatic carbocycles. The minimum atomic E-state index is -1.11. The van der Waals surface area contributed by atoms with Crippen LogP contribution in [0.2, 0.25) is 10.0 Å². The molecule has 1 aromatic carbocycles. The third kappa shape index (κ3) is 2.38. The molecule has 4 nitrogen and oxygen atoms in total. The number of aliphatic carboxylic acids is 1. The smallest absolute Gasteiger partial charge is 0.329 e. The number of carboxylic acid groups (broad SMARTS) is 1. The lowest BCUT2D eigenvalue weighted by Crippen LogP contribution is -2.52. The molecule has 0 saturated carbocycles. The summed E-state index contributed by atoms with van der Waals surface area (Å²) in [4.78, 5) is 25.6. The van der Waals surface area contributed by atoms with Gasteiger partial charge in [-0.15, -0.1) is 0 Å². The second-order valence-corrected chi connectivity index (χ2v) is 5.69. The number of rotatable bonds is 3. The highest BCUT2D eigenvalue weighted by Crippen LogP contribution is 2.34. The van der Waals surface area contributed by atoms with Crippen molar-refractivity contribution in [2.24, 2.45) is 0 Å². The Labute approximate surface area is 127 Å². The maximum atomic E-state index is 12.6. The van der Waals surface area contributed by atoms with Gasteiger partial charge in [-0.3, -0.25) is 4.79 Å². The van der Waals surface area contributed by atoms with Gasteiger partial charge >= 0.3 is 5.97 Å². The summed E-state index contributed by atoms with van der Waals surface area (Å²) in [6, 6.07) is 4.59. The summed E-state index contributed by atoms with van der Waals surface area (Å²) in [7, 11) is 0. The first-order chi connectivity index (χ1) is 9.42. The number of amides is 1. The van der Waals surface area contributed by atoms with Crippen molar-refractivity contribution in [3.8, 4) is 0 Å². The minimum Gasteiger partial charge on any atom is -0.479 e. The van der Waals surface area contributed by atoms with E-state index in [0.717, 1.165) is 0 Å². The summed E-state index contributed by atoms with van der Waals surface area (Å²) >= 11 is 11.7. The van der Waals surface area contributed by atoms with Gasteiger partial charge in [-0.1, -0.05) is 30.1 Å². The summed E-state index contributed by atoms with van der Waals surface area (Å²) < 4.78 is 0. The standard InChI is InChI=1S/C14H15Cl2NO3/c1-2-14(13(19)20)6-3-7-17(14)12(18)9-4-5-10(15)11(16)8-9/h4-5,8H,2-3,6-7H2,1H3,(H,19,20). The van der Waals surface area contributed by atoms with E-state index in [1.807, 2.05) is 0 Å². The van der Waals surface area contributed by atoms with Crippen LogP contribution < -0.4 is 0 Å². The number of carbonyl (C=O) groups is 2. The van der Waals surface area contributed by atoms with Crippen molar-refractivity contribution in [3.05, 3.63) is 33.8 Å². The molecule has 0 aromatic heterocycles. The first kappa shape index (κ1) is 15.1. The predicted octanol–water partition coefficient (Wildman–Crippen LogP) is 3.46. The minimum absolute atomic E-state index is 0.286. The normalized spacial score (nSPS) is 22.1. The average Bonchev–Trinajstić information content (AvgIpc) is 2.86. The van der Waals surface area contributed by atoms with E-state index in [1.165, 1.54) is 11.0 Å². The van der Waals surface area contributed by atoms with Crippen molar-refractivity contribution in [1.29, 1.82) is 0 Å². The van der Waals surface area contributed by atoms with Crippen molar-refractivity contribution in [2.75, 3.05) is 6.54 Å². The Balaban J connectivity index is 2.36. The fourth-order valence-electron chi connectivity index (χ4n) is 2.70. The second kappa shape index (κ2) is 5.62. The van der Waals surface area contributed by atoms with Gasteiger partial charge in [0, 0.05) is 12.1 Å². The Morgan fingerprint density at radius 3 is 2.60 bits per heavy atom. The highest BCUT2D eigenvalue weighted by molar-refractivity contribution is 6.42. The van der Waals surface area contributed by atoms with Crippen LogP contribution in [0.5, 0.6) is 0 Å². The van der Waals surface area contributed by atoms with Crippen LogP contribution in [0.1, 0.15) is 36.5 Å². The molecule has 1 amide bonds. The fraction of sp³-hybridized carbons (Fsp3) is 0.429. The molecule has 0 radical (unpaired) electrons. The third-order valence-corrected chi connectivity index (χ3v) is 4.62. The number of halogens is 2. The summed E-state index contributed by atoms with van der Waals surface area (Å²) in [5.74, 6) is -1.27. The monoisotopic (exact) mass is 315 g/mol. The van der Waals surface area contributed by atoms with Gasteiger partial charge in [-0.25, -0.2) is 4.79 Å². The summed E-state index contributed by atoms with van der Waals surface area (Å²) in [5.41, 5.74) is -0.746. The number of likely N-dealkylation sites (tertiary alicyclic amines) is 1. The maximum absolute atomic E-state index is 12.6. The molecule has 1 heterocycles. The second-order valence-electron chi connectivity index (χ2n) is 4.88. The molecule has 1 fully saturated rings. The Bertz CT molecular complexity index is 561. The van der Waals surface area contributed by atoms with Gasteiger partial charge in [-0.05, 0) is 37.5 Å². The topological polar surface area (TPSA) is 57.6 Å². The van der Waals surface area contributed by atoms with Crippen LogP contribution in [0.3, 0.4) is 0 Å². The Kier molecular flexibility index (Phi) is 4.25. The summed E-state index contributed by atoms with van der Waals surface area (Å²) in [6.07, 6.45) is 1.55. The number of benzene rings is 1. The van der Waals surface area contributed by atoms with Gasteiger partial charge in [0.05, 0.1) is 10.0 Å². The van der Waals surface area contributed by atoms with Crippen LogP contribution in [0, 0.1) is 0 Å². The Morgan fingerprint density at radius 1 is 1.35 bits per heavy atom. The number of hydrogen-bond acceptors (Lipinski definition) is 2. The van der Waals surface area contributed by atoms with E-state index in [1.54, 1.807) is 19.1 Å². The molecule has 108 valence electrons. The molecule has 0 spiro atoms.